The Morgan fingerprint density at radius 3 is 2.68 bits per heavy atom. The van der Waals surface area contributed by atoms with Crippen molar-refractivity contribution in [3.8, 4) is 6.07 Å². The van der Waals surface area contributed by atoms with Gasteiger partial charge >= 0.3 is 0 Å². The molecule has 0 saturated heterocycles. The number of hydrogen-bond donors (Lipinski definition) is 1. The van der Waals surface area contributed by atoms with Crippen molar-refractivity contribution >= 4 is 18.0 Å². The third kappa shape index (κ3) is 3.32. The Morgan fingerprint density at radius 1 is 1.41 bits per heavy atom. The van der Waals surface area contributed by atoms with E-state index in [-0.39, 0.29) is 5.60 Å². The van der Waals surface area contributed by atoms with Gasteiger partial charge in [0.15, 0.2) is 0 Å². The van der Waals surface area contributed by atoms with Gasteiger partial charge in [-0.2, -0.15) is 5.26 Å². The van der Waals surface area contributed by atoms with Crippen LogP contribution in [0.4, 0.5) is 5.82 Å². The van der Waals surface area contributed by atoms with Crippen molar-refractivity contribution < 1.29 is 4.74 Å². The minimum absolute atomic E-state index is 0.288. The molecule has 0 bridgehead atoms. The van der Waals surface area contributed by atoms with Crippen LogP contribution >= 0.6 is 12.2 Å². The highest BCUT2D eigenvalue weighted by atomic mass is 32.1. The summed E-state index contributed by atoms with van der Waals surface area (Å²) < 4.78 is 8.47. The SMILES string of the molecule is CN(C)CCCn1c(N)c(C#N)c2c(c1=S)COC(C)(C)C2. The average molecular weight is 320 g/mol. The summed E-state index contributed by atoms with van der Waals surface area (Å²) in [6, 6.07) is 2.27. The molecule has 1 aromatic heterocycles. The zero-order valence-corrected chi connectivity index (χ0v) is 14.6. The molecular weight excluding hydrogens is 296 g/mol. The van der Waals surface area contributed by atoms with Crippen LogP contribution in [0.5, 0.6) is 0 Å². The molecule has 22 heavy (non-hydrogen) atoms. The molecule has 0 radical (unpaired) electrons. The van der Waals surface area contributed by atoms with Gasteiger partial charge < -0.3 is 19.9 Å². The first-order valence-corrected chi connectivity index (χ1v) is 7.90. The lowest BCUT2D eigenvalue weighted by molar-refractivity contribution is -0.0406. The number of pyridine rings is 1. The molecule has 2 rings (SSSR count). The van der Waals surface area contributed by atoms with E-state index in [9.17, 15) is 5.26 Å². The number of aromatic nitrogens is 1. The summed E-state index contributed by atoms with van der Waals surface area (Å²) in [6.45, 7) is 6.16. The first kappa shape index (κ1) is 16.9. The second-order valence-corrected chi connectivity index (χ2v) is 7.05. The second-order valence-electron chi connectivity index (χ2n) is 6.67. The van der Waals surface area contributed by atoms with Crippen molar-refractivity contribution in [1.29, 1.82) is 5.26 Å². The van der Waals surface area contributed by atoms with E-state index in [1.165, 1.54) is 0 Å². The van der Waals surface area contributed by atoms with Crippen LogP contribution in [-0.2, 0) is 24.3 Å². The van der Waals surface area contributed by atoms with Gasteiger partial charge in [-0.1, -0.05) is 12.2 Å². The largest absolute Gasteiger partial charge is 0.384 e. The summed E-state index contributed by atoms with van der Waals surface area (Å²) in [5, 5.41) is 9.55. The Hall–Kier alpha value is -1.42. The van der Waals surface area contributed by atoms with Crippen molar-refractivity contribution in [2.24, 2.45) is 0 Å². The van der Waals surface area contributed by atoms with Crippen LogP contribution in [-0.4, -0.2) is 35.7 Å². The lowest BCUT2D eigenvalue weighted by Crippen LogP contribution is -2.34. The fraction of sp³-hybridized carbons (Fsp3) is 0.625. The van der Waals surface area contributed by atoms with Crippen molar-refractivity contribution in [2.45, 2.75) is 45.4 Å². The summed E-state index contributed by atoms with van der Waals surface area (Å²) in [5.41, 5.74) is 8.43. The van der Waals surface area contributed by atoms with E-state index in [1.54, 1.807) is 0 Å². The number of fused-ring (bicyclic) bond motifs is 1. The van der Waals surface area contributed by atoms with Crippen molar-refractivity contribution in [3.63, 3.8) is 0 Å². The number of nitriles is 1. The summed E-state index contributed by atoms with van der Waals surface area (Å²) >= 11 is 5.61. The molecule has 0 spiro atoms. The number of rotatable bonds is 4. The molecule has 0 fully saturated rings. The van der Waals surface area contributed by atoms with Gasteiger partial charge in [-0.15, -0.1) is 0 Å². The van der Waals surface area contributed by atoms with Gasteiger partial charge in [-0.05, 0) is 46.5 Å². The van der Waals surface area contributed by atoms with E-state index < -0.39 is 0 Å². The smallest absolute Gasteiger partial charge is 0.122 e. The van der Waals surface area contributed by atoms with Crippen LogP contribution in [0.1, 0.15) is 37.0 Å². The van der Waals surface area contributed by atoms with Gasteiger partial charge in [-0.3, -0.25) is 0 Å². The molecule has 0 unspecified atom stereocenters. The third-order valence-electron chi connectivity index (χ3n) is 4.02. The highest BCUT2D eigenvalue weighted by Gasteiger charge is 2.30. The van der Waals surface area contributed by atoms with E-state index in [0.717, 1.165) is 24.1 Å². The molecule has 120 valence electrons. The molecule has 0 aliphatic carbocycles. The Kier molecular flexibility index (Phi) is 4.90. The van der Waals surface area contributed by atoms with Crippen molar-refractivity contribution in [3.05, 3.63) is 21.3 Å². The fourth-order valence-corrected chi connectivity index (χ4v) is 3.19. The maximum Gasteiger partial charge on any atom is 0.122 e. The standard InChI is InChI=1S/C16H24N4OS/c1-16(2)8-11-12(9-17)14(18)20(7-5-6-19(3)4)15(22)13(11)10-21-16/h5-8,10,18H2,1-4H3. The van der Waals surface area contributed by atoms with Gasteiger partial charge in [0, 0.05) is 18.5 Å². The van der Waals surface area contributed by atoms with Crippen LogP contribution in [0.2, 0.25) is 0 Å². The first-order valence-electron chi connectivity index (χ1n) is 7.49. The van der Waals surface area contributed by atoms with Gasteiger partial charge in [0.25, 0.3) is 0 Å². The molecule has 1 aliphatic rings. The molecule has 5 nitrogen and oxygen atoms in total. The van der Waals surface area contributed by atoms with Gasteiger partial charge in [0.2, 0.25) is 0 Å². The van der Waals surface area contributed by atoms with Gasteiger partial charge in [0.05, 0.1) is 17.8 Å². The van der Waals surface area contributed by atoms with Crippen LogP contribution in [0.3, 0.4) is 0 Å². The van der Waals surface area contributed by atoms with E-state index in [1.807, 2.05) is 32.5 Å². The molecular formula is C16H24N4OS. The zero-order chi connectivity index (χ0) is 16.5. The number of nitrogen functional groups attached to an aromatic ring is 1. The molecule has 1 aliphatic heterocycles. The molecule has 1 aromatic rings. The number of ether oxygens (including phenoxy) is 1. The van der Waals surface area contributed by atoms with E-state index in [2.05, 4.69) is 11.0 Å². The summed E-state index contributed by atoms with van der Waals surface area (Å²) in [4.78, 5) is 2.12. The molecule has 0 aromatic carbocycles. The molecule has 6 heteroatoms. The average Bonchev–Trinajstić information content (AvgIpc) is 2.41. The number of anilines is 1. The van der Waals surface area contributed by atoms with Crippen molar-refractivity contribution in [2.75, 3.05) is 26.4 Å². The Bertz CT molecular complexity index is 670. The van der Waals surface area contributed by atoms with Gasteiger partial charge in [-0.25, -0.2) is 0 Å². The number of nitrogens with zero attached hydrogens (tertiary/aromatic N) is 3. The minimum Gasteiger partial charge on any atom is -0.384 e. The summed E-state index contributed by atoms with van der Waals surface area (Å²) in [7, 11) is 4.07. The van der Waals surface area contributed by atoms with Crippen LogP contribution < -0.4 is 5.73 Å². The second kappa shape index (κ2) is 6.37. The summed E-state index contributed by atoms with van der Waals surface area (Å²) in [5.74, 6) is 0.489. The minimum atomic E-state index is -0.288. The lowest BCUT2D eigenvalue weighted by Gasteiger charge is -2.33. The number of hydrogen-bond acceptors (Lipinski definition) is 5. The van der Waals surface area contributed by atoms with E-state index in [0.29, 0.717) is 35.6 Å². The van der Waals surface area contributed by atoms with Crippen LogP contribution in [0, 0.1) is 16.0 Å². The third-order valence-corrected chi connectivity index (χ3v) is 4.49. The molecule has 0 atom stereocenters. The highest BCUT2D eigenvalue weighted by Crippen LogP contribution is 2.33. The Labute approximate surface area is 137 Å². The van der Waals surface area contributed by atoms with Gasteiger partial charge in [0.1, 0.15) is 16.5 Å². The van der Waals surface area contributed by atoms with Crippen LogP contribution in [0.15, 0.2) is 0 Å². The van der Waals surface area contributed by atoms with E-state index >= 15 is 0 Å². The Balaban J connectivity index is 2.47. The molecule has 0 amide bonds. The molecule has 2 N–H and O–H groups in total. The predicted octanol–water partition coefficient (Wildman–Crippen LogP) is 2.47. The maximum absolute atomic E-state index is 9.55. The van der Waals surface area contributed by atoms with Crippen molar-refractivity contribution in [1.82, 2.24) is 9.47 Å². The maximum atomic E-state index is 9.55. The predicted molar refractivity (Wildman–Crippen MR) is 90.1 cm³/mol. The normalized spacial score (nSPS) is 16.4. The molecule has 2 heterocycles. The fourth-order valence-electron chi connectivity index (χ4n) is 2.82. The Morgan fingerprint density at radius 2 is 2.09 bits per heavy atom. The monoisotopic (exact) mass is 320 g/mol. The topological polar surface area (TPSA) is 67.2 Å². The van der Waals surface area contributed by atoms with E-state index in [4.69, 9.17) is 22.7 Å². The summed E-state index contributed by atoms with van der Waals surface area (Å²) in [6.07, 6.45) is 1.60. The first-order chi connectivity index (χ1) is 10.3. The number of nitrogens with two attached hydrogens (primary N) is 1. The lowest BCUT2D eigenvalue weighted by atomic mass is 9.89. The van der Waals surface area contributed by atoms with Crippen LogP contribution in [0.25, 0.3) is 0 Å². The zero-order valence-electron chi connectivity index (χ0n) is 13.8. The highest BCUT2D eigenvalue weighted by molar-refractivity contribution is 7.71. The molecule has 0 saturated carbocycles. The quantitative estimate of drug-likeness (QED) is 0.863.